The van der Waals surface area contributed by atoms with Crippen molar-refractivity contribution in [3.8, 4) is 0 Å². The van der Waals surface area contributed by atoms with E-state index in [0.29, 0.717) is 12.0 Å². The smallest absolute Gasteiger partial charge is 0.211 e. The SMILES string of the molecule is CC1(C)CC(C2=C(O)c3ccccc3S2(=O)=O)=C/C(=C2\C(=O)c3ccccc3S2(=O)=O)C1. The highest BCUT2D eigenvalue weighted by atomic mass is 32.2. The van der Waals surface area contributed by atoms with Gasteiger partial charge in [-0.2, -0.15) is 0 Å². The Morgan fingerprint density at radius 1 is 0.781 bits per heavy atom. The summed E-state index contributed by atoms with van der Waals surface area (Å²) in [6, 6.07) is 12.2. The Labute approximate surface area is 186 Å². The van der Waals surface area contributed by atoms with Crippen molar-refractivity contribution < 1.29 is 26.7 Å². The van der Waals surface area contributed by atoms with Crippen LogP contribution in [0.5, 0.6) is 0 Å². The van der Waals surface area contributed by atoms with Gasteiger partial charge in [0, 0.05) is 11.1 Å². The molecule has 2 heterocycles. The fourth-order valence-corrected chi connectivity index (χ4v) is 8.37. The normalized spacial score (nSPS) is 24.8. The number of carbonyl (C=O) groups is 1. The van der Waals surface area contributed by atoms with E-state index in [9.17, 15) is 26.7 Å². The van der Waals surface area contributed by atoms with Gasteiger partial charge in [0.05, 0.1) is 9.79 Å². The fourth-order valence-electron chi connectivity index (χ4n) is 4.84. The number of fused-ring (bicyclic) bond motifs is 2. The highest BCUT2D eigenvalue weighted by Gasteiger charge is 2.45. The average Bonchev–Trinajstić information content (AvgIpc) is 3.05. The van der Waals surface area contributed by atoms with E-state index in [1.165, 1.54) is 30.3 Å². The molecular weight excluding hydrogens is 448 g/mol. The molecule has 0 atom stereocenters. The molecule has 2 aliphatic heterocycles. The summed E-state index contributed by atoms with van der Waals surface area (Å²) in [6.45, 7) is 3.76. The molecule has 164 valence electrons. The largest absolute Gasteiger partial charge is 0.506 e. The van der Waals surface area contributed by atoms with Gasteiger partial charge in [-0.1, -0.05) is 44.2 Å². The van der Waals surface area contributed by atoms with Crippen LogP contribution in [0.25, 0.3) is 5.76 Å². The van der Waals surface area contributed by atoms with Crippen molar-refractivity contribution >= 4 is 31.2 Å². The minimum absolute atomic E-state index is 0.0166. The molecule has 2 aromatic rings. The molecule has 3 aliphatic rings. The molecule has 5 rings (SSSR count). The van der Waals surface area contributed by atoms with Crippen molar-refractivity contribution in [1.82, 2.24) is 0 Å². The maximum atomic E-state index is 13.2. The molecule has 1 aliphatic carbocycles. The van der Waals surface area contributed by atoms with E-state index >= 15 is 0 Å². The van der Waals surface area contributed by atoms with Gasteiger partial charge in [0.2, 0.25) is 25.5 Å². The van der Waals surface area contributed by atoms with Gasteiger partial charge < -0.3 is 5.11 Å². The number of aliphatic hydroxyl groups excluding tert-OH is 1. The molecule has 2 aromatic carbocycles. The zero-order valence-electron chi connectivity index (χ0n) is 17.4. The lowest BCUT2D eigenvalue weighted by atomic mass is 9.74. The number of aliphatic hydroxyl groups is 1. The number of rotatable bonds is 1. The van der Waals surface area contributed by atoms with Crippen LogP contribution in [0.4, 0.5) is 0 Å². The van der Waals surface area contributed by atoms with Gasteiger partial charge in [-0.05, 0) is 53.7 Å². The monoisotopic (exact) mass is 468 g/mol. The highest BCUT2D eigenvalue weighted by molar-refractivity contribution is 7.97. The molecule has 0 radical (unpaired) electrons. The lowest BCUT2D eigenvalue weighted by Crippen LogP contribution is -2.22. The second-order valence-corrected chi connectivity index (χ2v) is 12.8. The number of ketones is 1. The minimum Gasteiger partial charge on any atom is -0.506 e. The van der Waals surface area contributed by atoms with Crippen LogP contribution in [0, 0.1) is 5.41 Å². The number of benzene rings is 2. The first-order valence-corrected chi connectivity index (χ1v) is 13.0. The van der Waals surface area contributed by atoms with E-state index in [4.69, 9.17) is 0 Å². The van der Waals surface area contributed by atoms with E-state index < -0.39 is 30.9 Å². The second kappa shape index (κ2) is 6.52. The number of hydrogen-bond acceptors (Lipinski definition) is 6. The third kappa shape index (κ3) is 2.79. The maximum absolute atomic E-state index is 13.2. The molecule has 0 fully saturated rings. The van der Waals surface area contributed by atoms with Crippen molar-refractivity contribution in [1.29, 1.82) is 0 Å². The van der Waals surface area contributed by atoms with Crippen LogP contribution in [0.3, 0.4) is 0 Å². The fraction of sp³-hybridized carbons (Fsp3) is 0.208. The Bertz CT molecular complexity index is 1530. The van der Waals surface area contributed by atoms with Gasteiger partial charge in [-0.25, -0.2) is 16.8 Å². The van der Waals surface area contributed by atoms with Gasteiger partial charge in [0.25, 0.3) is 0 Å². The van der Waals surface area contributed by atoms with E-state index in [1.807, 2.05) is 13.8 Å². The van der Waals surface area contributed by atoms with E-state index in [1.54, 1.807) is 24.3 Å². The Balaban J connectivity index is 1.77. The van der Waals surface area contributed by atoms with Crippen LogP contribution in [0.15, 0.2) is 85.4 Å². The zero-order valence-corrected chi connectivity index (χ0v) is 19.0. The third-order valence-corrected chi connectivity index (χ3v) is 9.93. The first-order valence-electron chi connectivity index (χ1n) is 10.1. The summed E-state index contributed by atoms with van der Waals surface area (Å²) in [5, 5.41) is 10.8. The molecule has 0 saturated heterocycles. The molecule has 1 N–H and O–H groups in total. The first-order chi connectivity index (χ1) is 14.9. The minimum atomic E-state index is -4.03. The summed E-state index contributed by atoms with van der Waals surface area (Å²) in [6.07, 6.45) is 2.06. The zero-order chi connectivity index (χ0) is 23.1. The van der Waals surface area contributed by atoms with Crippen molar-refractivity contribution in [2.45, 2.75) is 36.5 Å². The third-order valence-electron chi connectivity index (χ3n) is 6.08. The van der Waals surface area contributed by atoms with E-state index in [2.05, 4.69) is 0 Å². The Hall–Kier alpha value is -2.97. The van der Waals surface area contributed by atoms with Gasteiger partial charge >= 0.3 is 0 Å². The number of hydrogen-bond donors (Lipinski definition) is 1. The summed E-state index contributed by atoms with van der Waals surface area (Å²) >= 11 is 0. The Kier molecular flexibility index (Phi) is 4.26. The van der Waals surface area contributed by atoms with Crippen molar-refractivity contribution in [2.24, 2.45) is 5.41 Å². The highest BCUT2D eigenvalue weighted by Crippen LogP contribution is 2.50. The number of Topliss-reactive ketones (excluding diaryl/α,β-unsaturated/α-hetero) is 1. The van der Waals surface area contributed by atoms with Crippen LogP contribution in [-0.4, -0.2) is 27.7 Å². The predicted molar refractivity (Wildman–Crippen MR) is 119 cm³/mol. The summed E-state index contributed by atoms with van der Waals surface area (Å²) < 4.78 is 52.9. The summed E-state index contributed by atoms with van der Waals surface area (Å²) in [7, 11) is -8.01. The van der Waals surface area contributed by atoms with Crippen LogP contribution in [0.2, 0.25) is 0 Å². The molecular formula is C24H20O6S2. The van der Waals surface area contributed by atoms with Crippen LogP contribution >= 0.6 is 0 Å². The van der Waals surface area contributed by atoms with Crippen LogP contribution in [-0.2, 0) is 19.7 Å². The van der Waals surface area contributed by atoms with Crippen LogP contribution < -0.4 is 0 Å². The van der Waals surface area contributed by atoms with Gasteiger partial charge in [-0.15, -0.1) is 0 Å². The van der Waals surface area contributed by atoms with Gasteiger partial charge in [-0.3, -0.25) is 4.79 Å². The standard InChI is InChI=1S/C24H20O6S2/c1-24(2)12-14(22-20(25)16-7-3-5-9-18(16)31(22,27)28)11-15(13-24)23-21(26)17-8-4-6-10-19(17)32(23,29)30/h3-11,25H,12-13H2,1-2H3/b23-15-. The molecule has 8 heteroatoms. The molecule has 0 saturated carbocycles. The van der Waals surface area contributed by atoms with Gasteiger partial charge in [0.15, 0.2) is 0 Å². The van der Waals surface area contributed by atoms with Crippen molar-refractivity contribution in [2.75, 3.05) is 0 Å². The lowest BCUT2D eigenvalue weighted by Gasteiger charge is -2.32. The molecule has 0 aromatic heterocycles. The molecule has 6 nitrogen and oxygen atoms in total. The van der Waals surface area contributed by atoms with Crippen molar-refractivity contribution in [3.05, 3.63) is 86.7 Å². The van der Waals surface area contributed by atoms with E-state index in [-0.39, 0.29) is 48.5 Å². The van der Waals surface area contributed by atoms with Crippen molar-refractivity contribution in [3.63, 3.8) is 0 Å². The number of carbonyl (C=O) groups excluding carboxylic acids is 1. The van der Waals surface area contributed by atoms with Gasteiger partial charge in [0.1, 0.15) is 15.6 Å². The second-order valence-electron chi connectivity index (χ2n) is 9.05. The quantitative estimate of drug-likeness (QED) is 0.623. The lowest BCUT2D eigenvalue weighted by molar-refractivity contribution is 0.104. The maximum Gasteiger partial charge on any atom is 0.211 e. The summed E-state index contributed by atoms with van der Waals surface area (Å²) in [5.41, 5.74) is 0.378. The molecule has 32 heavy (non-hydrogen) atoms. The molecule has 0 bridgehead atoms. The van der Waals surface area contributed by atoms with E-state index in [0.717, 1.165) is 0 Å². The Morgan fingerprint density at radius 3 is 1.91 bits per heavy atom. The topological polar surface area (TPSA) is 106 Å². The summed E-state index contributed by atoms with van der Waals surface area (Å²) in [5.74, 6) is -0.933. The molecule has 0 amide bonds. The number of sulfone groups is 2. The first kappa shape index (κ1) is 20.9. The van der Waals surface area contributed by atoms with Crippen LogP contribution in [0.1, 0.15) is 42.6 Å². The molecule has 0 spiro atoms. The number of allylic oxidation sites excluding steroid dienone is 4. The predicted octanol–water partition coefficient (Wildman–Crippen LogP) is 4.37. The Morgan fingerprint density at radius 2 is 1.31 bits per heavy atom. The average molecular weight is 469 g/mol. The molecule has 0 unspecified atom stereocenters. The summed E-state index contributed by atoms with van der Waals surface area (Å²) in [4.78, 5) is 12.5.